The Morgan fingerprint density at radius 1 is 1.38 bits per heavy atom. The second-order valence-electron chi connectivity index (χ2n) is 7.22. The van der Waals surface area contributed by atoms with Crippen molar-refractivity contribution in [2.45, 2.75) is 50.7 Å². The fourth-order valence-corrected chi connectivity index (χ4v) is 5.08. The monoisotopic (exact) mass is 393 g/mol. The van der Waals surface area contributed by atoms with Crippen LogP contribution in [0.15, 0.2) is 18.2 Å². The van der Waals surface area contributed by atoms with E-state index < -0.39 is 0 Å². The Hall–Kier alpha value is -1.37. The molecule has 0 spiro atoms. The first-order valence-corrected chi connectivity index (χ1v) is 10.5. The molecule has 1 N–H and O–H groups in total. The summed E-state index contributed by atoms with van der Waals surface area (Å²) in [4.78, 5) is 19.2. The minimum absolute atomic E-state index is 0.0301. The van der Waals surface area contributed by atoms with Crippen molar-refractivity contribution in [1.29, 1.82) is 0 Å². The van der Waals surface area contributed by atoms with Crippen molar-refractivity contribution in [3.8, 4) is 0 Å². The van der Waals surface area contributed by atoms with E-state index in [9.17, 15) is 4.79 Å². The second-order valence-corrected chi connectivity index (χ2v) is 8.71. The van der Waals surface area contributed by atoms with E-state index >= 15 is 0 Å². The minimum atomic E-state index is 0.0301. The molecule has 4 rings (SSSR count). The molecule has 1 aromatic carbocycles. The van der Waals surface area contributed by atoms with E-state index in [1.807, 2.05) is 30.0 Å². The highest BCUT2D eigenvalue weighted by atomic mass is 35.5. The highest BCUT2D eigenvalue weighted by Gasteiger charge is 2.29. The lowest BCUT2D eigenvalue weighted by molar-refractivity contribution is 0.0824. The highest BCUT2D eigenvalue weighted by Crippen LogP contribution is 2.34. The fraction of sp³-hybridized carbons (Fsp3) is 0.579. The van der Waals surface area contributed by atoms with Crippen LogP contribution in [-0.4, -0.2) is 47.8 Å². The van der Waals surface area contributed by atoms with E-state index in [1.54, 1.807) is 11.3 Å². The van der Waals surface area contributed by atoms with Gasteiger partial charge in [0.05, 0.1) is 27.4 Å². The van der Waals surface area contributed by atoms with Crippen LogP contribution in [0.4, 0.5) is 4.79 Å². The summed E-state index contributed by atoms with van der Waals surface area (Å²) in [6, 6.07) is 5.97. The molecule has 140 valence electrons. The number of carbonyl (C=O) groups is 1. The van der Waals surface area contributed by atoms with Gasteiger partial charge < -0.3 is 15.0 Å². The molecule has 2 saturated heterocycles. The number of rotatable bonds is 3. The Bertz CT molecular complexity index is 782. The number of piperidine rings is 1. The summed E-state index contributed by atoms with van der Waals surface area (Å²) < 4.78 is 6.84. The molecule has 2 fully saturated rings. The SMILES string of the molecule is C[C@@H](NC(=O)N1CCC(c2nc3cc(Cl)ccc3s2)CC1)[C@@H]1CCCO1. The number of hydrogen-bond acceptors (Lipinski definition) is 4. The molecule has 2 aliphatic rings. The maximum Gasteiger partial charge on any atom is 0.317 e. The number of nitrogens with zero attached hydrogens (tertiary/aromatic N) is 2. The summed E-state index contributed by atoms with van der Waals surface area (Å²) in [6.45, 7) is 4.38. The predicted molar refractivity (Wildman–Crippen MR) is 105 cm³/mol. The number of carbonyl (C=O) groups excluding carboxylic acids is 1. The first kappa shape index (κ1) is 18.0. The molecule has 0 unspecified atom stereocenters. The Balaban J connectivity index is 1.33. The van der Waals surface area contributed by atoms with Crippen LogP contribution in [0.3, 0.4) is 0 Å². The van der Waals surface area contributed by atoms with Gasteiger partial charge in [-0.25, -0.2) is 9.78 Å². The summed E-state index contributed by atoms with van der Waals surface area (Å²) in [7, 11) is 0. The van der Waals surface area contributed by atoms with Crippen LogP contribution < -0.4 is 5.32 Å². The van der Waals surface area contributed by atoms with Gasteiger partial charge in [-0.3, -0.25) is 0 Å². The molecule has 7 heteroatoms. The van der Waals surface area contributed by atoms with Gasteiger partial charge in [-0.1, -0.05) is 11.6 Å². The van der Waals surface area contributed by atoms with Crippen molar-refractivity contribution in [2.75, 3.05) is 19.7 Å². The van der Waals surface area contributed by atoms with Gasteiger partial charge in [-0.2, -0.15) is 0 Å². The Labute approximate surface area is 162 Å². The van der Waals surface area contributed by atoms with Crippen LogP contribution in [0.25, 0.3) is 10.2 Å². The third kappa shape index (κ3) is 3.82. The first-order valence-electron chi connectivity index (χ1n) is 9.33. The fourth-order valence-electron chi connectivity index (χ4n) is 3.80. The molecule has 0 saturated carbocycles. The number of urea groups is 1. The Morgan fingerprint density at radius 3 is 2.92 bits per heavy atom. The molecular weight excluding hydrogens is 370 g/mol. The third-order valence-corrected chi connectivity index (χ3v) is 6.81. The smallest absolute Gasteiger partial charge is 0.317 e. The van der Waals surface area contributed by atoms with Crippen molar-refractivity contribution in [1.82, 2.24) is 15.2 Å². The number of likely N-dealkylation sites (tertiary alicyclic amines) is 1. The quantitative estimate of drug-likeness (QED) is 0.840. The average molecular weight is 394 g/mol. The van der Waals surface area contributed by atoms with Crippen LogP contribution in [0.1, 0.15) is 43.5 Å². The van der Waals surface area contributed by atoms with E-state index in [1.165, 1.54) is 4.70 Å². The summed E-state index contributed by atoms with van der Waals surface area (Å²) in [5.74, 6) is 0.422. The molecule has 5 nitrogen and oxygen atoms in total. The van der Waals surface area contributed by atoms with Crippen molar-refractivity contribution < 1.29 is 9.53 Å². The van der Waals surface area contributed by atoms with Gasteiger partial charge in [0.2, 0.25) is 0 Å². The number of ether oxygens (including phenoxy) is 1. The van der Waals surface area contributed by atoms with E-state index in [-0.39, 0.29) is 18.2 Å². The van der Waals surface area contributed by atoms with Gasteiger partial charge in [0.15, 0.2) is 0 Å². The van der Waals surface area contributed by atoms with Gasteiger partial charge in [-0.05, 0) is 50.8 Å². The van der Waals surface area contributed by atoms with Crippen LogP contribution in [0, 0.1) is 0 Å². The van der Waals surface area contributed by atoms with E-state index in [0.717, 1.165) is 60.9 Å². The van der Waals surface area contributed by atoms with Crippen molar-refractivity contribution >= 4 is 39.2 Å². The molecule has 26 heavy (non-hydrogen) atoms. The van der Waals surface area contributed by atoms with Gasteiger partial charge in [0, 0.05) is 30.6 Å². The zero-order valence-electron chi connectivity index (χ0n) is 14.9. The van der Waals surface area contributed by atoms with Crippen LogP contribution >= 0.6 is 22.9 Å². The van der Waals surface area contributed by atoms with Crippen LogP contribution in [0.2, 0.25) is 5.02 Å². The summed E-state index contributed by atoms with van der Waals surface area (Å²) >= 11 is 7.81. The largest absolute Gasteiger partial charge is 0.376 e. The lowest BCUT2D eigenvalue weighted by atomic mass is 9.98. The molecule has 3 heterocycles. The maximum absolute atomic E-state index is 12.5. The average Bonchev–Trinajstić information content (AvgIpc) is 3.31. The number of amides is 2. The molecule has 0 radical (unpaired) electrons. The molecule has 1 aromatic heterocycles. The number of hydrogen-bond donors (Lipinski definition) is 1. The molecular formula is C19H24ClN3O2S. The Morgan fingerprint density at radius 2 is 2.19 bits per heavy atom. The molecule has 0 bridgehead atoms. The van der Waals surface area contributed by atoms with Crippen molar-refractivity contribution in [3.05, 3.63) is 28.2 Å². The lowest BCUT2D eigenvalue weighted by Gasteiger charge is -2.32. The van der Waals surface area contributed by atoms with E-state index in [0.29, 0.717) is 5.92 Å². The number of nitrogens with one attached hydrogen (secondary N) is 1. The van der Waals surface area contributed by atoms with E-state index in [4.69, 9.17) is 21.3 Å². The summed E-state index contributed by atoms with van der Waals surface area (Å²) in [5, 5.41) is 4.99. The van der Waals surface area contributed by atoms with Gasteiger partial charge in [-0.15, -0.1) is 11.3 Å². The molecule has 2 atom stereocenters. The van der Waals surface area contributed by atoms with Gasteiger partial charge >= 0.3 is 6.03 Å². The molecule has 0 aliphatic carbocycles. The van der Waals surface area contributed by atoms with Crippen molar-refractivity contribution in [2.24, 2.45) is 0 Å². The number of aromatic nitrogens is 1. The number of fused-ring (bicyclic) bond motifs is 1. The number of thiazole rings is 1. The normalized spacial score (nSPS) is 22.7. The first-order chi connectivity index (χ1) is 12.6. The zero-order valence-corrected chi connectivity index (χ0v) is 16.5. The van der Waals surface area contributed by atoms with Crippen molar-refractivity contribution in [3.63, 3.8) is 0 Å². The van der Waals surface area contributed by atoms with Gasteiger partial charge in [0.25, 0.3) is 0 Å². The zero-order chi connectivity index (χ0) is 18.1. The highest BCUT2D eigenvalue weighted by molar-refractivity contribution is 7.18. The predicted octanol–water partition coefficient (Wildman–Crippen LogP) is 4.41. The van der Waals surface area contributed by atoms with Crippen LogP contribution in [0.5, 0.6) is 0 Å². The number of halogens is 1. The topological polar surface area (TPSA) is 54.5 Å². The summed E-state index contributed by atoms with van der Waals surface area (Å²) in [5.41, 5.74) is 0.975. The molecule has 2 amide bonds. The third-order valence-electron chi connectivity index (χ3n) is 5.37. The van der Waals surface area contributed by atoms with Crippen LogP contribution in [-0.2, 0) is 4.74 Å². The minimum Gasteiger partial charge on any atom is -0.376 e. The Kier molecular flexibility index (Phi) is 5.34. The molecule has 2 aliphatic heterocycles. The lowest BCUT2D eigenvalue weighted by Crippen LogP contribution is -2.49. The molecule has 2 aromatic rings. The van der Waals surface area contributed by atoms with Gasteiger partial charge in [0.1, 0.15) is 0 Å². The summed E-state index contributed by atoms with van der Waals surface area (Å²) in [6.07, 6.45) is 4.19. The number of benzene rings is 1. The standard InChI is InChI=1S/C19H24ClN3O2S/c1-12(16-3-2-10-25-16)21-19(24)23-8-6-13(7-9-23)18-22-15-11-14(20)4-5-17(15)26-18/h4-5,11-13,16H,2-3,6-10H2,1H3,(H,21,24)/t12-,16+/m1/s1. The maximum atomic E-state index is 12.5. The van der Waals surface area contributed by atoms with E-state index in [2.05, 4.69) is 5.32 Å². The second kappa shape index (κ2) is 7.71.